The Kier molecular flexibility index (Phi) is 4.30. The summed E-state index contributed by atoms with van der Waals surface area (Å²) in [5.41, 5.74) is 1.26. The van der Waals surface area contributed by atoms with Crippen molar-refractivity contribution in [3.05, 3.63) is 71.3 Å². The number of anilines is 2. The van der Waals surface area contributed by atoms with Crippen LogP contribution in [-0.4, -0.2) is 9.55 Å². The van der Waals surface area contributed by atoms with Crippen LogP contribution in [0.5, 0.6) is 0 Å². The van der Waals surface area contributed by atoms with E-state index in [-0.39, 0.29) is 11.2 Å². The van der Waals surface area contributed by atoms with Crippen LogP contribution >= 0.6 is 10.2 Å². The lowest BCUT2D eigenvalue weighted by atomic mass is 10.1. The molecule has 0 radical (unpaired) electrons. The molecule has 0 aliphatic heterocycles. The summed E-state index contributed by atoms with van der Waals surface area (Å²) in [6.45, 7) is 2.28. The van der Waals surface area contributed by atoms with Crippen molar-refractivity contribution in [1.29, 1.82) is 0 Å². The number of halogens is 5. The molecule has 0 aliphatic rings. The first kappa shape index (κ1) is 19.9. The maximum Gasteiger partial charge on any atom is 0.310 e. The van der Waals surface area contributed by atoms with Gasteiger partial charge in [-0.25, -0.2) is 4.98 Å². The highest BCUT2D eigenvalue weighted by atomic mass is 32.5. The van der Waals surface area contributed by atoms with Gasteiger partial charge >= 0.3 is 10.2 Å². The molecule has 0 spiro atoms. The predicted octanol–water partition coefficient (Wildman–Crippen LogP) is 6.33. The fraction of sp³-hybridized carbons (Fsp3) is 0.111. The van der Waals surface area contributed by atoms with Crippen molar-refractivity contribution in [1.82, 2.24) is 9.55 Å². The van der Waals surface area contributed by atoms with Gasteiger partial charge in [0.2, 0.25) is 0 Å². The van der Waals surface area contributed by atoms with Crippen molar-refractivity contribution in [3.8, 4) is 11.1 Å². The van der Waals surface area contributed by atoms with Crippen molar-refractivity contribution in [2.45, 2.75) is 18.4 Å². The van der Waals surface area contributed by atoms with E-state index < -0.39 is 15.1 Å². The van der Waals surface area contributed by atoms with Crippen LogP contribution in [0.2, 0.25) is 0 Å². The Morgan fingerprint density at radius 1 is 1.00 bits per heavy atom. The molecule has 0 saturated heterocycles. The number of aryl methyl sites for hydroxylation is 1. The largest absolute Gasteiger partial charge is 0.340 e. The molecule has 1 N–H and O–H groups in total. The molecule has 0 unspecified atom stereocenters. The van der Waals surface area contributed by atoms with Gasteiger partial charge in [0, 0.05) is 41.8 Å². The Bertz CT molecular complexity index is 1080. The van der Waals surface area contributed by atoms with Crippen molar-refractivity contribution < 1.29 is 19.4 Å². The third-order valence-corrected chi connectivity index (χ3v) is 5.17. The van der Waals surface area contributed by atoms with Crippen LogP contribution in [0.4, 0.5) is 30.9 Å². The summed E-state index contributed by atoms with van der Waals surface area (Å²) in [7, 11) is -9.71. The fourth-order valence-electron chi connectivity index (χ4n) is 2.61. The van der Waals surface area contributed by atoms with E-state index in [0.29, 0.717) is 35.6 Å². The lowest BCUT2D eigenvalue weighted by Crippen LogP contribution is -2.17. The third-order valence-electron chi connectivity index (χ3n) is 4.01. The van der Waals surface area contributed by atoms with Crippen LogP contribution in [0.25, 0.3) is 11.1 Å². The highest BCUT2D eigenvalue weighted by molar-refractivity contribution is 8.45. The van der Waals surface area contributed by atoms with Crippen LogP contribution in [0.15, 0.2) is 70.6 Å². The normalized spacial score (nSPS) is 14.2. The number of benzene rings is 1. The first-order valence-electron chi connectivity index (χ1n) is 8.14. The first-order chi connectivity index (χ1) is 12.9. The molecular weight excluding hydrogens is 401 g/mol. The molecule has 3 rings (SSSR count). The van der Waals surface area contributed by atoms with Gasteiger partial charge in [-0.2, -0.15) is 0 Å². The van der Waals surface area contributed by atoms with Crippen LogP contribution in [-0.2, 0) is 6.54 Å². The smallest absolute Gasteiger partial charge is 0.310 e. The highest BCUT2D eigenvalue weighted by Crippen LogP contribution is 3.02. The fourth-order valence-corrected chi connectivity index (χ4v) is 3.26. The highest BCUT2D eigenvalue weighted by Gasteiger charge is 2.65. The summed E-state index contributed by atoms with van der Waals surface area (Å²) in [5, 5.41) is 2.83. The SMILES string of the molecule is CCn1cc(-c2cccnc2Nc2ccc(S(F)(F)(F)(F)F)cc2)ccc1=O. The van der Waals surface area contributed by atoms with Crippen LogP contribution in [0.3, 0.4) is 0 Å². The Morgan fingerprint density at radius 3 is 2.29 bits per heavy atom. The molecule has 1 aromatic carbocycles. The number of nitrogens with zero attached hydrogens (tertiary/aromatic N) is 2. The van der Waals surface area contributed by atoms with E-state index in [2.05, 4.69) is 10.3 Å². The Morgan fingerprint density at radius 2 is 1.68 bits per heavy atom. The molecule has 0 aliphatic carbocycles. The van der Waals surface area contributed by atoms with Gasteiger partial charge in [0.25, 0.3) is 5.56 Å². The summed E-state index contributed by atoms with van der Waals surface area (Å²) >= 11 is 0. The number of hydrogen-bond donors (Lipinski definition) is 1. The second-order valence-corrected chi connectivity index (χ2v) is 8.47. The van der Waals surface area contributed by atoms with Gasteiger partial charge in [0.15, 0.2) is 0 Å². The zero-order valence-corrected chi connectivity index (χ0v) is 15.4. The second-order valence-electron chi connectivity index (χ2n) is 6.06. The topological polar surface area (TPSA) is 46.9 Å². The van der Waals surface area contributed by atoms with E-state index in [1.54, 1.807) is 24.4 Å². The van der Waals surface area contributed by atoms with E-state index in [1.165, 1.54) is 16.8 Å². The third kappa shape index (κ3) is 4.33. The minimum atomic E-state index is -9.71. The Balaban J connectivity index is 1.96. The van der Waals surface area contributed by atoms with Crippen molar-refractivity contribution in [3.63, 3.8) is 0 Å². The monoisotopic (exact) mass is 417 g/mol. The van der Waals surface area contributed by atoms with Crippen LogP contribution in [0, 0.1) is 0 Å². The second kappa shape index (κ2) is 6.06. The molecule has 0 amide bonds. The van der Waals surface area contributed by atoms with Crippen molar-refractivity contribution in [2.24, 2.45) is 0 Å². The Labute approximate surface area is 157 Å². The summed E-state index contributed by atoms with van der Waals surface area (Å²) in [6, 6.07) is 8.90. The zero-order chi connectivity index (χ0) is 20.6. The molecule has 2 aromatic heterocycles. The van der Waals surface area contributed by atoms with E-state index >= 15 is 0 Å². The number of pyridine rings is 2. The molecule has 0 fully saturated rings. The van der Waals surface area contributed by atoms with Gasteiger partial charge in [-0.3, -0.25) is 4.79 Å². The van der Waals surface area contributed by atoms with E-state index in [1.807, 2.05) is 6.92 Å². The van der Waals surface area contributed by atoms with E-state index in [9.17, 15) is 24.2 Å². The van der Waals surface area contributed by atoms with Gasteiger partial charge in [-0.15, -0.1) is 0 Å². The molecule has 0 saturated carbocycles. The lowest BCUT2D eigenvalue weighted by molar-refractivity contribution is 0.364. The number of nitrogens with one attached hydrogen (secondary N) is 1. The molecular formula is C18H16F5N3OS. The minimum absolute atomic E-state index is 0.161. The summed E-state index contributed by atoms with van der Waals surface area (Å²) in [5.74, 6) is 0.309. The standard InChI is InChI=1S/C18H16F5N3OS/c1-2-26-12-13(5-10-17(26)27)16-4-3-11-24-18(16)25-14-6-8-15(9-7-14)28(19,20,21,22)23/h3-12H,2H2,1H3,(H,24,25). The van der Waals surface area contributed by atoms with Gasteiger partial charge in [0.05, 0.1) is 0 Å². The van der Waals surface area contributed by atoms with Crippen LogP contribution in [0.1, 0.15) is 6.92 Å². The van der Waals surface area contributed by atoms with Crippen molar-refractivity contribution in [2.75, 3.05) is 5.32 Å². The number of hydrogen-bond acceptors (Lipinski definition) is 3. The van der Waals surface area contributed by atoms with Crippen molar-refractivity contribution >= 4 is 21.7 Å². The van der Waals surface area contributed by atoms with Gasteiger partial charge in [-0.05, 0) is 49.4 Å². The minimum Gasteiger partial charge on any atom is -0.340 e. The molecule has 4 nitrogen and oxygen atoms in total. The number of aromatic nitrogens is 2. The molecule has 28 heavy (non-hydrogen) atoms. The quantitative estimate of drug-likeness (QED) is 0.494. The first-order valence-corrected chi connectivity index (χ1v) is 10.1. The molecule has 0 bridgehead atoms. The molecule has 150 valence electrons. The lowest BCUT2D eigenvalue weighted by Gasteiger charge is -2.40. The summed E-state index contributed by atoms with van der Waals surface area (Å²) < 4.78 is 65.7. The zero-order valence-electron chi connectivity index (χ0n) is 14.6. The maximum atomic E-state index is 12.8. The molecule has 0 atom stereocenters. The van der Waals surface area contributed by atoms with Crippen LogP contribution < -0.4 is 10.9 Å². The van der Waals surface area contributed by atoms with Gasteiger partial charge in [0.1, 0.15) is 10.7 Å². The summed E-state index contributed by atoms with van der Waals surface area (Å²) in [6.07, 6.45) is 3.12. The average Bonchev–Trinajstić information content (AvgIpc) is 2.61. The maximum absolute atomic E-state index is 12.8. The van der Waals surface area contributed by atoms with Gasteiger partial charge < -0.3 is 9.88 Å². The summed E-state index contributed by atoms with van der Waals surface area (Å²) in [4.78, 5) is 14.0. The van der Waals surface area contributed by atoms with E-state index in [4.69, 9.17) is 0 Å². The van der Waals surface area contributed by atoms with E-state index in [0.717, 1.165) is 12.1 Å². The molecule has 10 heteroatoms. The Hall–Kier alpha value is -2.88. The molecule has 2 heterocycles. The predicted molar refractivity (Wildman–Crippen MR) is 101 cm³/mol. The molecule has 3 aromatic rings. The number of rotatable bonds is 5. The van der Waals surface area contributed by atoms with Gasteiger partial charge in [-0.1, -0.05) is 19.4 Å². The average molecular weight is 417 g/mol.